The van der Waals surface area contributed by atoms with Crippen LogP contribution in [-0.4, -0.2) is 33.2 Å². The highest BCUT2D eigenvalue weighted by Gasteiger charge is 2.25. The number of amides is 1. The molecule has 1 aliphatic rings. The molecule has 0 bridgehead atoms. The van der Waals surface area contributed by atoms with Crippen LogP contribution < -0.4 is 11.1 Å². The van der Waals surface area contributed by atoms with Crippen LogP contribution in [-0.2, 0) is 15.6 Å². The van der Waals surface area contributed by atoms with Crippen molar-refractivity contribution in [1.82, 2.24) is 5.32 Å². The van der Waals surface area contributed by atoms with Gasteiger partial charge < -0.3 is 11.1 Å². The number of hydrogen-bond acceptors (Lipinski definition) is 4. The van der Waals surface area contributed by atoms with Crippen molar-refractivity contribution in [2.75, 3.05) is 18.8 Å². The van der Waals surface area contributed by atoms with Gasteiger partial charge in [0.05, 0.1) is 11.5 Å². The van der Waals surface area contributed by atoms with Gasteiger partial charge in [0.15, 0.2) is 9.84 Å². The summed E-state index contributed by atoms with van der Waals surface area (Å²) in [5, 5.41) is 2.99. The summed E-state index contributed by atoms with van der Waals surface area (Å²) in [5.41, 5.74) is 5.12. The molecule has 1 aromatic rings. The summed E-state index contributed by atoms with van der Waals surface area (Å²) >= 11 is 0. The molecule has 1 amide bonds. The van der Waals surface area contributed by atoms with Crippen LogP contribution in [0.1, 0.15) is 15.9 Å². The Morgan fingerprint density at radius 3 is 2.58 bits per heavy atom. The quantitative estimate of drug-likeness (QED) is 0.801. The Morgan fingerprint density at radius 2 is 2.11 bits per heavy atom. The second-order valence-corrected chi connectivity index (χ2v) is 6.86. The number of sulfone groups is 1. The first kappa shape index (κ1) is 14.0. The van der Waals surface area contributed by atoms with Gasteiger partial charge in [0.25, 0.3) is 0 Å². The third-order valence-electron chi connectivity index (χ3n) is 3.07. The van der Waals surface area contributed by atoms with E-state index in [0.717, 1.165) is 6.07 Å². The predicted molar refractivity (Wildman–Crippen MR) is 68.8 cm³/mol. The van der Waals surface area contributed by atoms with Crippen LogP contribution in [0.5, 0.6) is 0 Å². The minimum atomic E-state index is -3.35. The summed E-state index contributed by atoms with van der Waals surface area (Å²) in [5.74, 6) is -1.65. The molecule has 0 spiro atoms. The van der Waals surface area contributed by atoms with Gasteiger partial charge in [-0.2, -0.15) is 0 Å². The monoisotopic (exact) mass is 286 g/mol. The molecule has 1 heterocycles. The molecule has 1 aliphatic heterocycles. The third-order valence-corrected chi connectivity index (χ3v) is 4.80. The first-order valence-electron chi connectivity index (χ1n) is 5.87. The van der Waals surface area contributed by atoms with E-state index in [1.54, 1.807) is 0 Å². The molecule has 1 saturated heterocycles. The molecule has 5 nitrogen and oxygen atoms in total. The summed E-state index contributed by atoms with van der Waals surface area (Å²) in [6.45, 7) is 1.37. The van der Waals surface area contributed by atoms with Crippen molar-refractivity contribution in [3.8, 4) is 0 Å². The number of carbonyl (C=O) groups excluding carboxylic acids is 1. The first-order valence-corrected chi connectivity index (χ1v) is 7.69. The topological polar surface area (TPSA) is 89.3 Å². The summed E-state index contributed by atoms with van der Waals surface area (Å²) in [7, 11) is -3.35. The van der Waals surface area contributed by atoms with Gasteiger partial charge >= 0.3 is 0 Å². The van der Waals surface area contributed by atoms with Crippen molar-refractivity contribution in [3.05, 3.63) is 35.1 Å². The van der Waals surface area contributed by atoms with Gasteiger partial charge in [0, 0.05) is 24.2 Å². The molecule has 19 heavy (non-hydrogen) atoms. The van der Waals surface area contributed by atoms with E-state index in [1.165, 1.54) is 12.1 Å². The SMILES string of the molecule is NC(=O)c1ccc(CS(=O)(=O)CC2CNC2)c(F)c1. The molecular weight excluding hydrogens is 271 g/mol. The van der Waals surface area contributed by atoms with Crippen molar-refractivity contribution in [1.29, 1.82) is 0 Å². The van der Waals surface area contributed by atoms with Gasteiger partial charge in [0.2, 0.25) is 5.91 Å². The van der Waals surface area contributed by atoms with E-state index in [2.05, 4.69) is 5.32 Å². The summed E-state index contributed by atoms with van der Waals surface area (Å²) in [4.78, 5) is 10.9. The van der Waals surface area contributed by atoms with Gasteiger partial charge in [-0.05, 0) is 18.1 Å². The molecule has 0 unspecified atom stereocenters. The number of rotatable bonds is 5. The van der Waals surface area contributed by atoms with Crippen molar-refractivity contribution in [2.45, 2.75) is 5.75 Å². The number of carbonyl (C=O) groups is 1. The highest BCUT2D eigenvalue weighted by atomic mass is 32.2. The highest BCUT2D eigenvalue weighted by molar-refractivity contribution is 7.90. The molecule has 0 radical (unpaired) electrons. The van der Waals surface area contributed by atoms with Crippen LogP contribution >= 0.6 is 0 Å². The van der Waals surface area contributed by atoms with E-state index in [0.29, 0.717) is 13.1 Å². The average molecular weight is 286 g/mol. The number of nitrogens with two attached hydrogens (primary N) is 1. The first-order chi connectivity index (χ1) is 8.87. The van der Waals surface area contributed by atoms with Crippen molar-refractivity contribution < 1.29 is 17.6 Å². The molecule has 2 rings (SSSR count). The number of primary amides is 1. The van der Waals surface area contributed by atoms with Crippen LogP contribution in [0.15, 0.2) is 18.2 Å². The zero-order valence-electron chi connectivity index (χ0n) is 10.2. The summed E-state index contributed by atoms with van der Waals surface area (Å²) in [6, 6.07) is 3.60. The van der Waals surface area contributed by atoms with Gasteiger partial charge in [-0.25, -0.2) is 12.8 Å². The Morgan fingerprint density at radius 1 is 1.42 bits per heavy atom. The fraction of sp³-hybridized carbons (Fsp3) is 0.417. The third kappa shape index (κ3) is 3.51. The van der Waals surface area contributed by atoms with Gasteiger partial charge in [-0.3, -0.25) is 4.79 Å². The van der Waals surface area contributed by atoms with E-state index < -0.39 is 21.6 Å². The van der Waals surface area contributed by atoms with Gasteiger partial charge in [0.1, 0.15) is 5.82 Å². The molecule has 7 heteroatoms. The van der Waals surface area contributed by atoms with E-state index >= 15 is 0 Å². The maximum absolute atomic E-state index is 13.7. The minimum Gasteiger partial charge on any atom is -0.366 e. The van der Waals surface area contributed by atoms with E-state index in [4.69, 9.17) is 5.73 Å². The van der Waals surface area contributed by atoms with E-state index in [-0.39, 0.29) is 28.6 Å². The van der Waals surface area contributed by atoms with Crippen molar-refractivity contribution >= 4 is 15.7 Å². The molecular formula is C12H15FN2O3S. The molecule has 0 aromatic heterocycles. The number of nitrogens with one attached hydrogen (secondary N) is 1. The average Bonchev–Trinajstić information content (AvgIpc) is 2.26. The van der Waals surface area contributed by atoms with Crippen molar-refractivity contribution in [2.24, 2.45) is 11.7 Å². The Hall–Kier alpha value is -1.47. The van der Waals surface area contributed by atoms with Gasteiger partial charge in [-0.15, -0.1) is 0 Å². The van der Waals surface area contributed by atoms with E-state index in [9.17, 15) is 17.6 Å². The largest absolute Gasteiger partial charge is 0.366 e. The van der Waals surface area contributed by atoms with Crippen LogP contribution in [0.25, 0.3) is 0 Å². The molecule has 0 saturated carbocycles. The summed E-state index contributed by atoms with van der Waals surface area (Å²) < 4.78 is 37.5. The number of halogens is 1. The molecule has 0 atom stereocenters. The fourth-order valence-electron chi connectivity index (χ4n) is 1.94. The molecule has 1 fully saturated rings. The Balaban J connectivity index is 2.11. The standard InChI is InChI=1S/C12H15FN2O3S/c13-11-3-9(12(14)16)1-2-10(11)7-19(17,18)6-8-4-15-5-8/h1-3,8,15H,4-7H2,(H2,14,16). The second-order valence-electron chi connectivity index (χ2n) is 4.75. The minimum absolute atomic E-state index is 0.0295. The summed E-state index contributed by atoms with van der Waals surface area (Å²) in [6.07, 6.45) is 0. The van der Waals surface area contributed by atoms with Crippen LogP contribution in [0.4, 0.5) is 4.39 Å². The Bertz CT molecular complexity index is 597. The Labute approximate surface area is 110 Å². The molecule has 0 aliphatic carbocycles. The maximum Gasteiger partial charge on any atom is 0.248 e. The normalized spacial score (nSPS) is 16.1. The lowest BCUT2D eigenvalue weighted by Gasteiger charge is -2.26. The van der Waals surface area contributed by atoms with Gasteiger partial charge in [-0.1, -0.05) is 6.07 Å². The Kier molecular flexibility index (Phi) is 3.86. The predicted octanol–water partition coefficient (Wildman–Crippen LogP) is 0.0588. The maximum atomic E-state index is 13.7. The van der Waals surface area contributed by atoms with Crippen LogP contribution in [0.2, 0.25) is 0 Å². The number of benzene rings is 1. The van der Waals surface area contributed by atoms with Crippen molar-refractivity contribution in [3.63, 3.8) is 0 Å². The lowest BCUT2D eigenvalue weighted by atomic mass is 10.1. The highest BCUT2D eigenvalue weighted by Crippen LogP contribution is 2.16. The van der Waals surface area contributed by atoms with E-state index in [1.807, 2.05) is 0 Å². The van der Waals surface area contributed by atoms with Crippen LogP contribution in [0, 0.1) is 11.7 Å². The number of hydrogen-bond donors (Lipinski definition) is 2. The zero-order valence-corrected chi connectivity index (χ0v) is 11.0. The molecule has 104 valence electrons. The smallest absolute Gasteiger partial charge is 0.248 e. The fourth-order valence-corrected chi connectivity index (χ4v) is 3.72. The molecule has 1 aromatic carbocycles. The molecule has 3 N–H and O–H groups in total. The lowest BCUT2D eigenvalue weighted by molar-refractivity contribution is 0.1000. The zero-order chi connectivity index (χ0) is 14.0. The van der Waals surface area contributed by atoms with Crippen LogP contribution in [0.3, 0.4) is 0 Å². The lowest BCUT2D eigenvalue weighted by Crippen LogP contribution is -2.45. The second kappa shape index (κ2) is 5.26.